The van der Waals surface area contributed by atoms with Crippen molar-refractivity contribution in [1.29, 1.82) is 0 Å². The molecule has 0 spiro atoms. The zero-order valence-electron chi connectivity index (χ0n) is 17.3. The summed E-state index contributed by atoms with van der Waals surface area (Å²) in [5.74, 6) is -0.269. The SMILES string of the molecule is Cc1cc(-c2ccc3c(c2)N(S(=O)(=O)c2ccc4nc(C)sc4c2)CCS3(=O)=O)ccn1. The van der Waals surface area contributed by atoms with Crippen molar-refractivity contribution < 1.29 is 16.8 Å². The van der Waals surface area contributed by atoms with E-state index in [1.165, 1.54) is 27.8 Å². The minimum atomic E-state index is -3.98. The van der Waals surface area contributed by atoms with Crippen LogP contribution in [0.15, 0.2) is 64.5 Å². The van der Waals surface area contributed by atoms with E-state index in [1.54, 1.807) is 30.5 Å². The van der Waals surface area contributed by atoms with Gasteiger partial charge in [0.25, 0.3) is 10.0 Å². The third-order valence-electron chi connectivity index (χ3n) is 5.41. The van der Waals surface area contributed by atoms with Crippen molar-refractivity contribution in [2.75, 3.05) is 16.6 Å². The van der Waals surface area contributed by atoms with E-state index in [-0.39, 0.29) is 27.8 Å². The molecule has 0 aliphatic carbocycles. The molecule has 0 atom stereocenters. The number of hydrogen-bond acceptors (Lipinski definition) is 7. The topological polar surface area (TPSA) is 97.3 Å². The Morgan fingerprint density at radius 2 is 1.78 bits per heavy atom. The summed E-state index contributed by atoms with van der Waals surface area (Å²) in [4.78, 5) is 8.71. The molecule has 5 rings (SSSR count). The third-order valence-corrected chi connectivity index (χ3v) is 9.89. The summed E-state index contributed by atoms with van der Waals surface area (Å²) in [7, 11) is -7.56. The summed E-state index contributed by atoms with van der Waals surface area (Å²) in [5, 5.41) is 0.848. The van der Waals surface area contributed by atoms with Crippen LogP contribution in [0.2, 0.25) is 0 Å². The average Bonchev–Trinajstić information content (AvgIpc) is 3.12. The van der Waals surface area contributed by atoms with Crippen LogP contribution in [0, 0.1) is 13.8 Å². The smallest absolute Gasteiger partial charge is 0.264 e. The molecule has 0 fully saturated rings. The van der Waals surface area contributed by atoms with Gasteiger partial charge >= 0.3 is 0 Å². The molecule has 0 saturated carbocycles. The number of aryl methyl sites for hydroxylation is 2. The zero-order valence-corrected chi connectivity index (χ0v) is 19.8. The molecule has 10 heteroatoms. The standard InChI is InChI=1S/C22H19N3O4S3/c1-14-11-17(7-8-23-14)16-3-6-22-20(12-16)25(9-10-31(22,26)27)32(28,29)18-4-5-19-21(13-18)30-15(2)24-19/h3-8,11-13H,9-10H2,1-2H3. The van der Waals surface area contributed by atoms with E-state index >= 15 is 0 Å². The fourth-order valence-electron chi connectivity index (χ4n) is 3.87. The minimum Gasteiger partial charge on any atom is -0.264 e. The first-order valence-corrected chi connectivity index (χ1v) is 13.8. The van der Waals surface area contributed by atoms with Crippen LogP contribution in [-0.2, 0) is 19.9 Å². The first kappa shape index (κ1) is 21.0. The van der Waals surface area contributed by atoms with Crippen LogP contribution in [0.1, 0.15) is 10.7 Å². The average molecular weight is 486 g/mol. The molecule has 0 N–H and O–H groups in total. The number of thiazole rings is 1. The Balaban J connectivity index is 1.67. The molecule has 32 heavy (non-hydrogen) atoms. The lowest BCUT2D eigenvalue weighted by molar-refractivity contribution is 0.584. The number of sulfone groups is 1. The summed E-state index contributed by atoms with van der Waals surface area (Å²) in [5.41, 5.74) is 3.28. The molecular weight excluding hydrogens is 466 g/mol. The van der Waals surface area contributed by atoms with E-state index in [1.807, 2.05) is 26.0 Å². The Morgan fingerprint density at radius 3 is 2.56 bits per heavy atom. The van der Waals surface area contributed by atoms with Gasteiger partial charge in [0.2, 0.25) is 0 Å². The lowest BCUT2D eigenvalue weighted by Gasteiger charge is -2.30. The summed E-state index contributed by atoms with van der Waals surface area (Å²) in [6.45, 7) is 3.59. The van der Waals surface area contributed by atoms with Crippen molar-refractivity contribution in [3.05, 3.63) is 65.4 Å². The third kappa shape index (κ3) is 3.48. The number of aromatic nitrogens is 2. The summed E-state index contributed by atoms with van der Waals surface area (Å²) < 4.78 is 54.7. The predicted octanol–water partition coefficient (Wildman–Crippen LogP) is 3.96. The van der Waals surface area contributed by atoms with Crippen molar-refractivity contribution in [3.8, 4) is 11.1 Å². The highest BCUT2D eigenvalue weighted by molar-refractivity contribution is 7.94. The van der Waals surface area contributed by atoms with Crippen molar-refractivity contribution in [2.24, 2.45) is 0 Å². The van der Waals surface area contributed by atoms with Crippen LogP contribution in [0.25, 0.3) is 21.3 Å². The van der Waals surface area contributed by atoms with E-state index in [0.29, 0.717) is 0 Å². The van der Waals surface area contributed by atoms with E-state index in [0.717, 1.165) is 32.0 Å². The van der Waals surface area contributed by atoms with Gasteiger partial charge in [0.1, 0.15) is 0 Å². The minimum absolute atomic E-state index is 0.0246. The van der Waals surface area contributed by atoms with Gasteiger partial charge in [-0.2, -0.15) is 0 Å². The number of fused-ring (bicyclic) bond motifs is 2. The van der Waals surface area contributed by atoms with Gasteiger partial charge in [-0.25, -0.2) is 21.8 Å². The zero-order chi connectivity index (χ0) is 22.7. The molecule has 1 aliphatic heterocycles. The van der Waals surface area contributed by atoms with E-state index in [9.17, 15) is 16.8 Å². The molecule has 1 aliphatic rings. The first-order chi connectivity index (χ1) is 15.1. The van der Waals surface area contributed by atoms with Gasteiger partial charge < -0.3 is 0 Å². The molecule has 0 unspecified atom stereocenters. The molecule has 7 nitrogen and oxygen atoms in total. The fraction of sp³-hybridized carbons (Fsp3) is 0.182. The molecule has 2 aromatic heterocycles. The number of nitrogens with zero attached hydrogens (tertiary/aromatic N) is 3. The number of benzene rings is 2. The molecule has 0 radical (unpaired) electrons. The molecule has 0 amide bonds. The monoisotopic (exact) mass is 485 g/mol. The van der Waals surface area contributed by atoms with Crippen molar-refractivity contribution in [2.45, 2.75) is 23.6 Å². The van der Waals surface area contributed by atoms with Crippen molar-refractivity contribution in [1.82, 2.24) is 9.97 Å². The molecule has 0 bridgehead atoms. The number of sulfonamides is 1. The van der Waals surface area contributed by atoms with Gasteiger partial charge in [-0.3, -0.25) is 9.29 Å². The highest BCUT2D eigenvalue weighted by atomic mass is 32.2. The van der Waals surface area contributed by atoms with Gasteiger partial charge in [-0.1, -0.05) is 6.07 Å². The molecule has 164 valence electrons. The van der Waals surface area contributed by atoms with Gasteiger partial charge in [0.05, 0.1) is 36.5 Å². The summed E-state index contributed by atoms with van der Waals surface area (Å²) in [6.07, 6.45) is 1.67. The van der Waals surface area contributed by atoms with Crippen LogP contribution in [0.5, 0.6) is 0 Å². The highest BCUT2D eigenvalue weighted by Gasteiger charge is 2.36. The molecule has 0 saturated heterocycles. The fourth-order valence-corrected chi connectivity index (χ4v) is 7.89. The molecule has 4 aromatic rings. The lowest BCUT2D eigenvalue weighted by Crippen LogP contribution is -2.39. The Hall–Kier alpha value is -2.82. The van der Waals surface area contributed by atoms with Crippen LogP contribution in [0.3, 0.4) is 0 Å². The van der Waals surface area contributed by atoms with Gasteiger partial charge in [0.15, 0.2) is 9.84 Å². The van der Waals surface area contributed by atoms with Gasteiger partial charge in [-0.15, -0.1) is 11.3 Å². The second-order valence-corrected chi connectivity index (χ2v) is 12.8. The van der Waals surface area contributed by atoms with Crippen LogP contribution >= 0.6 is 11.3 Å². The maximum atomic E-state index is 13.6. The Labute approximate surface area is 190 Å². The van der Waals surface area contributed by atoms with E-state index in [4.69, 9.17) is 0 Å². The van der Waals surface area contributed by atoms with Crippen LogP contribution < -0.4 is 4.31 Å². The number of pyridine rings is 1. The van der Waals surface area contributed by atoms with Crippen molar-refractivity contribution >= 4 is 47.1 Å². The largest absolute Gasteiger partial charge is 0.264 e. The summed E-state index contributed by atoms with van der Waals surface area (Å²) in [6, 6.07) is 13.3. The van der Waals surface area contributed by atoms with E-state index < -0.39 is 19.9 Å². The summed E-state index contributed by atoms with van der Waals surface area (Å²) >= 11 is 1.42. The van der Waals surface area contributed by atoms with Crippen molar-refractivity contribution in [3.63, 3.8) is 0 Å². The Morgan fingerprint density at radius 1 is 1.00 bits per heavy atom. The lowest BCUT2D eigenvalue weighted by atomic mass is 10.1. The molecule has 2 aromatic carbocycles. The van der Waals surface area contributed by atoms with Crippen LogP contribution in [-0.4, -0.2) is 39.1 Å². The second kappa shape index (κ2) is 7.36. The Bertz CT molecular complexity index is 1590. The van der Waals surface area contributed by atoms with Gasteiger partial charge in [-0.05, 0) is 67.4 Å². The van der Waals surface area contributed by atoms with Gasteiger partial charge in [0, 0.05) is 18.4 Å². The number of hydrogen-bond donors (Lipinski definition) is 0. The molecular formula is C22H19N3O4S3. The first-order valence-electron chi connectivity index (χ1n) is 9.85. The predicted molar refractivity (Wildman–Crippen MR) is 125 cm³/mol. The quantitative estimate of drug-likeness (QED) is 0.436. The maximum absolute atomic E-state index is 13.6. The second-order valence-electron chi connectivity index (χ2n) is 7.63. The highest BCUT2D eigenvalue weighted by Crippen LogP contribution is 2.38. The molecule has 3 heterocycles. The Kier molecular flexibility index (Phi) is 4.84. The number of anilines is 1. The van der Waals surface area contributed by atoms with E-state index in [2.05, 4.69) is 9.97 Å². The normalized spacial score (nSPS) is 15.6. The maximum Gasteiger partial charge on any atom is 0.264 e. The van der Waals surface area contributed by atoms with Crippen LogP contribution in [0.4, 0.5) is 5.69 Å². The number of rotatable bonds is 3.